The van der Waals surface area contributed by atoms with Crippen LogP contribution in [0.15, 0.2) is 29.3 Å². The topological polar surface area (TPSA) is 60.0 Å². The predicted molar refractivity (Wildman–Crippen MR) is 121 cm³/mol. The van der Waals surface area contributed by atoms with Gasteiger partial charge in [0, 0.05) is 38.8 Å². The Morgan fingerprint density at radius 2 is 1.76 bits per heavy atom. The second-order valence-corrected chi connectivity index (χ2v) is 8.14. The fourth-order valence-electron chi connectivity index (χ4n) is 3.76. The minimum Gasteiger partial charge on any atom is -0.357 e. The van der Waals surface area contributed by atoms with Gasteiger partial charge < -0.3 is 20.4 Å². The van der Waals surface area contributed by atoms with Gasteiger partial charge in [0.25, 0.3) is 5.91 Å². The molecule has 1 aliphatic rings. The average Bonchev–Trinajstić information content (AvgIpc) is 2.75. The SMILES string of the molecule is CCNC(=NCc1ccc(C(=O)N(C)C)cc1)NCCCN(C)C1CCCCC1. The van der Waals surface area contributed by atoms with Gasteiger partial charge in [0.15, 0.2) is 5.96 Å². The molecule has 1 aliphatic carbocycles. The molecule has 0 unspecified atom stereocenters. The van der Waals surface area contributed by atoms with Crippen LogP contribution in [0, 0.1) is 0 Å². The van der Waals surface area contributed by atoms with Gasteiger partial charge in [0.2, 0.25) is 0 Å². The maximum atomic E-state index is 12.0. The molecule has 0 aromatic heterocycles. The molecule has 6 nitrogen and oxygen atoms in total. The van der Waals surface area contributed by atoms with Crippen molar-refractivity contribution in [2.45, 2.75) is 58.0 Å². The van der Waals surface area contributed by atoms with Crippen molar-refractivity contribution < 1.29 is 4.79 Å². The zero-order valence-electron chi connectivity index (χ0n) is 18.7. The van der Waals surface area contributed by atoms with Crippen LogP contribution in [0.3, 0.4) is 0 Å². The fourth-order valence-corrected chi connectivity index (χ4v) is 3.76. The number of nitrogens with one attached hydrogen (secondary N) is 2. The Labute approximate surface area is 176 Å². The Morgan fingerprint density at radius 3 is 2.38 bits per heavy atom. The molecule has 1 amide bonds. The third-order valence-corrected chi connectivity index (χ3v) is 5.55. The Bertz CT molecular complexity index is 635. The summed E-state index contributed by atoms with van der Waals surface area (Å²) in [5.74, 6) is 0.870. The van der Waals surface area contributed by atoms with Crippen LogP contribution in [0.4, 0.5) is 0 Å². The zero-order valence-corrected chi connectivity index (χ0v) is 18.7. The fraction of sp³-hybridized carbons (Fsp3) is 0.652. The second kappa shape index (κ2) is 12.5. The molecule has 0 heterocycles. The molecular weight excluding hydrogens is 362 g/mol. The van der Waals surface area contributed by atoms with Crippen LogP contribution in [-0.4, -0.2) is 68.5 Å². The predicted octanol–water partition coefficient (Wildman–Crippen LogP) is 3.10. The van der Waals surface area contributed by atoms with E-state index in [-0.39, 0.29) is 5.91 Å². The largest absolute Gasteiger partial charge is 0.357 e. The van der Waals surface area contributed by atoms with Gasteiger partial charge in [-0.2, -0.15) is 0 Å². The van der Waals surface area contributed by atoms with Crippen LogP contribution in [0.2, 0.25) is 0 Å². The van der Waals surface area contributed by atoms with E-state index in [4.69, 9.17) is 0 Å². The lowest BCUT2D eigenvalue weighted by atomic mass is 9.94. The summed E-state index contributed by atoms with van der Waals surface area (Å²) in [6, 6.07) is 8.46. The van der Waals surface area contributed by atoms with Gasteiger partial charge in [0.1, 0.15) is 0 Å². The van der Waals surface area contributed by atoms with Gasteiger partial charge in [-0.1, -0.05) is 31.4 Å². The summed E-state index contributed by atoms with van der Waals surface area (Å²) in [4.78, 5) is 20.8. The molecule has 1 saturated carbocycles. The van der Waals surface area contributed by atoms with E-state index in [1.807, 2.05) is 24.3 Å². The van der Waals surface area contributed by atoms with E-state index in [1.165, 1.54) is 32.1 Å². The first kappa shape index (κ1) is 23.2. The monoisotopic (exact) mass is 401 g/mol. The van der Waals surface area contributed by atoms with Gasteiger partial charge in [-0.05, 0) is 57.5 Å². The van der Waals surface area contributed by atoms with Crippen molar-refractivity contribution in [3.8, 4) is 0 Å². The first-order valence-electron chi connectivity index (χ1n) is 11.0. The standard InChI is InChI=1S/C23H39N5O/c1-5-24-23(25-16-9-17-28(4)21-10-7-6-8-11-21)26-18-19-12-14-20(15-13-19)22(29)27(2)3/h12-15,21H,5-11,16-18H2,1-4H3,(H2,24,25,26). The molecule has 0 saturated heterocycles. The lowest BCUT2D eigenvalue weighted by molar-refractivity contribution is 0.0827. The van der Waals surface area contributed by atoms with E-state index in [1.54, 1.807) is 19.0 Å². The van der Waals surface area contributed by atoms with Gasteiger partial charge in [-0.25, -0.2) is 4.99 Å². The van der Waals surface area contributed by atoms with Crippen LogP contribution >= 0.6 is 0 Å². The minimum absolute atomic E-state index is 0.0215. The average molecular weight is 402 g/mol. The number of nitrogens with zero attached hydrogens (tertiary/aromatic N) is 3. The molecule has 1 aromatic carbocycles. The third-order valence-electron chi connectivity index (χ3n) is 5.55. The highest BCUT2D eigenvalue weighted by molar-refractivity contribution is 5.93. The van der Waals surface area contributed by atoms with Crippen molar-refractivity contribution in [1.82, 2.24) is 20.4 Å². The second-order valence-electron chi connectivity index (χ2n) is 8.14. The summed E-state index contributed by atoms with van der Waals surface area (Å²) in [5.41, 5.74) is 1.80. The molecule has 6 heteroatoms. The smallest absolute Gasteiger partial charge is 0.253 e. The third kappa shape index (κ3) is 8.05. The molecule has 0 radical (unpaired) electrons. The molecule has 29 heavy (non-hydrogen) atoms. The summed E-state index contributed by atoms with van der Waals surface area (Å²) in [6.07, 6.45) is 7.99. The number of carbonyl (C=O) groups is 1. The van der Waals surface area contributed by atoms with E-state index < -0.39 is 0 Å². The van der Waals surface area contributed by atoms with E-state index in [0.29, 0.717) is 12.1 Å². The number of carbonyl (C=O) groups excluding carboxylic acids is 1. The lowest BCUT2D eigenvalue weighted by Gasteiger charge is -2.31. The number of benzene rings is 1. The maximum Gasteiger partial charge on any atom is 0.253 e. The minimum atomic E-state index is 0.0215. The Hall–Kier alpha value is -2.08. The highest BCUT2D eigenvalue weighted by atomic mass is 16.2. The van der Waals surface area contributed by atoms with Gasteiger partial charge >= 0.3 is 0 Å². The van der Waals surface area contributed by atoms with Crippen molar-refractivity contribution in [2.75, 3.05) is 40.8 Å². The molecular formula is C23H39N5O. The van der Waals surface area contributed by atoms with Crippen LogP contribution in [0.5, 0.6) is 0 Å². The Balaban J connectivity index is 1.77. The summed E-state index contributed by atoms with van der Waals surface area (Å²) >= 11 is 0. The van der Waals surface area contributed by atoms with E-state index in [9.17, 15) is 4.79 Å². The maximum absolute atomic E-state index is 12.0. The zero-order chi connectivity index (χ0) is 21.1. The summed E-state index contributed by atoms with van der Waals surface area (Å²) in [5, 5.41) is 6.76. The number of aliphatic imine (C=N–C) groups is 1. The molecule has 2 rings (SSSR count). The Kier molecular flexibility index (Phi) is 9.98. The quantitative estimate of drug-likeness (QED) is 0.379. The molecule has 162 valence electrons. The van der Waals surface area contributed by atoms with Crippen LogP contribution < -0.4 is 10.6 Å². The molecule has 1 aromatic rings. The normalized spacial score (nSPS) is 15.4. The molecule has 0 spiro atoms. The van der Waals surface area contributed by atoms with Crippen molar-refractivity contribution in [1.29, 1.82) is 0 Å². The molecule has 0 atom stereocenters. The van der Waals surface area contributed by atoms with Crippen molar-refractivity contribution in [2.24, 2.45) is 4.99 Å². The first-order valence-corrected chi connectivity index (χ1v) is 11.0. The van der Waals surface area contributed by atoms with E-state index in [2.05, 4.69) is 34.5 Å². The van der Waals surface area contributed by atoms with Gasteiger partial charge in [-0.3, -0.25) is 4.79 Å². The highest BCUT2D eigenvalue weighted by Gasteiger charge is 2.17. The lowest BCUT2D eigenvalue weighted by Crippen LogP contribution is -2.39. The van der Waals surface area contributed by atoms with E-state index >= 15 is 0 Å². The molecule has 0 bridgehead atoms. The van der Waals surface area contributed by atoms with E-state index in [0.717, 1.165) is 43.6 Å². The number of hydrogen-bond acceptors (Lipinski definition) is 3. The number of guanidine groups is 1. The molecule has 2 N–H and O–H groups in total. The number of hydrogen-bond donors (Lipinski definition) is 2. The van der Waals surface area contributed by atoms with Crippen molar-refractivity contribution >= 4 is 11.9 Å². The van der Waals surface area contributed by atoms with Crippen LogP contribution in [0.1, 0.15) is 61.4 Å². The number of rotatable bonds is 9. The summed E-state index contributed by atoms with van der Waals surface area (Å²) in [6.45, 7) is 5.55. The van der Waals surface area contributed by atoms with Crippen LogP contribution in [-0.2, 0) is 6.54 Å². The first-order chi connectivity index (χ1) is 14.0. The highest BCUT2D eigenvalue weighted by Crippen LogP contribution is 2.21. The van der Waals surface area contributed by atoms with Crippen LogP contribution in [0.25, 0.3) is 0 Å². The molecule has 1 fully saturated rings. The molecule has 0 aliphatic heterocycles. The van der Waals surface area contributed by atoms with Crippen molar-refractivity contribution in [3.05, 3.63) is 35.4 Å². The summed E-state index contributed by atoms with van der Waals surface area (Å²) < 4.78 is 0. The Morgan fingerprint density at radius 1 is 1.07 bits per heavy atom. The summed E-state index contributed by atoms with van der Waals surface area (Å²) in [7, 11) is 5.80. The number of amides is 1. The van der Waals surface area contributed by atoms with Gasteiger partial charge in [-0.15, -0.1) is 0 Å². The van der Waals surface area contributed by atoms with Gasteiger partial charge in [0.05, 0.1) is 6.54 Å². The van der Waals surface area contributed by atoms with Crippen molar-refractivity contribution in [3.63, 3.8) is 0 Å².